The molecular formula is C20H18ClNO6. The Morgan fingerprint density at radius 1 is 1.04 bits per heavy atom. The number of ether oxygens (including phenoxy) is 4. The van der Waals surface area contributed by atoms with Gasteiger partial charge in [0.15, 0.2) is 18.1 Å². The number of halogens is 1. The number of nitrogens with one attached hydrogen (secondary N) is 1. The van der Waals surface area contributed by atoms with E-state index in [2.05, 4.69) is 5.32 Å². The maximum atomic E-state index is 12.3. The van der Waals surface area contributed by atoms with Gasteiger partial charge in [0.25, 0.3) is 5.91 Å². The molecule has 0 saturated carbocycles. The largest absolute Gasteiger partial charge is 0.492 e. The van der Waals surface area contributed by atoms with Gasteiger partial charge in [-0.3, -0.25) is 9.59 Å². The van der Waals surface area contributed by atoms with Crippen LogP contribution in [0.3, 0.4) is 0 Å². The minimum absolute atomic E-state index is 0.206. The highest BCUT2D eigenvalue weighted by Crippen LogP contribution is 2.33. The molecule has 2 aromatic carbocycles. The average Bonchev–Trinajstić information content (AvgIpc) is 2.71. The van der Waals surface area contributed by atoms with Crippen LogP contribution in [0.5, 0.6) is 17.2 Å². The summed E-state index contributed by atoms with van der Waals surface area (Å²) in [5.41, 5.74) is 1.39. The lowest BCUT2D eigenvalue weighted by Gasteiger charge is -2.24. The van der Waals surface area contributed by atoms with Gasteiger partial charge in [0, 0.05) is 16.8 Å². The number of benzene rings is 2. The lowest BCUT2D eigenvalue weighted by molar-refractivity contribution is -0.152. The minimum atomic E-state index is -0.483. The van der Waals surface area contributed by atoms with E-state index in [1.807, 2.05) is 0 Å². The summed E-state index contributed by atoms with van der Waals surface area (Å²) in [6.07, 6.45) is 0.457. The summed E-state index contributed by atoms with van der Waals surface area (Å²) in [7, 11) is 0. The predicted molar refractivity (Wildman–Crippen MR) is 101 cm³/mol. The Morgan fingerprint density at radius 3 is 2.68 bits per heavy atom. The maximum Gasteiger partial charge on any atom is 0.313 e. The second-order valence-corrected chi connectivity index (χ2v) is 6.91. The molecule has 0 aliphatic carbocycles. The lowest BCUT2D eigenvalue weighted by atomic mass is 9.97. The number of carbonyl (C=O) groups is 2. The van der Waals surface area contributed by atoms with Crippen LogP contribution in [-0.2, 0) is 20.7 Å². The first-order valence-electron chi connectivity index (χ1n) is 8.86. The molecule has 7 nitrogen and oxygen atoms in total. The van der Waals surface area contributed by atoms with Crippen molar-refractivity contribution in [2.45, 2.75) is 6.42 Å². The van der Waals surface area contributed by atoms with Gasteiger partial charge in [-0.25, -0.2) is 0 Å². The van der Waals surface area contributed by atoms with E-state index in [9.17, 15) is 9.59 Å². The van der Waals surface area contributed by atoms with E-state index in [4.69, 9.17) is 30.5 Å². The molecule has 0 saturated heterocycles. The van der Waals surface area contributed by atoms with Gasteiger partial charge in [-0.1, -0.05) is 11.6 Å². The van der Waals surface area contributed by atoms with Gasteiger partial charge in [0.05, 0.1) is 5.92 Å². The van der Waals surface area contributed by atoms with E-state index in [1.54, 1.807) is 36.4 Å². The van der Waals surface area contributed by atoms with E-state index in [1.165, 1.54) is 0 Å². The van der Waals surface area contributed by atoms with Crippen molar-refractivity contribution in [2.24, 2.45) is 5.92 Å². The molecule has 0 radical (unpaired) electrons. The van der Waals surface area contributed by atoms with Crippen LogP contribution in [0.15, 0.2) is 36.4 Å². The Kier molecular flexibility index (Phi) is 5.25. The molecule has 0 bridgehead atoms. The van der Waals surface area contributed by atoms with E-state index < -0.39 is 17.8 Å². The monoisotopic (exact) mass is 403 g/mol. The van der Waals surface area contributed by atoms with Crippen LogP contribution in [0, 0.1) is 5.92 Å². The summed E-state index contributed by atoms with van der Waals surface area (Å²) in [6, 6.07) is 10.4. The van der Waals surface area contributed by atoms with Crippen molar-refractivity contribution in [3.05, 3.63) is 47.0 Å². The Balaban J connectivity index is 1.29. The first-order chi connectivity index (χ1) is 13.6. The van der Waals surface area contributed by atoms with Crippen LogP contribution in [-0.4, -0.2) is 38.3 Å². The second-order valence-electron chi connectivity index (χ2n) is 6.48. The summed E-state index contributed by atoms with van der Waals surface area (Å²) in [6.45, 7) is 0.777. The molecule has 1 amide bonds. The van der Waals surface area contributed by atoms with Gasteiger partial charge in [0.2, 0.25) is 0 Å². The zero-order chi connectivity index (χ0) is 19.5. The summed E-state index contributed by atoms with van der Waals surface area (Å²) in [5.74, 6) is 0.511. The molecule has 0 fully saturated rings. The van der Waals surface area contributed by atoms with Crippen molar-refractivity contribution in [2.75, 3.05) is 31.7 Å². The van der Waals surface area contributed by atoms with Crippen molar-refractivity contribution in [3.8, 4) is 17.2 Å². The molecule has 0 spiro atoms. The molecule has 28 heavy (non-hydrogen) atoms. The van der Waals surface area contributed by atoms with Crippen LogP contribution in [0.2, 0.25) is 5.02 Å². The molecular weight excluding hydrogens is 386 g/mol. The molecule has 2 aliphatic rings. The number of fused-ring (bicyclic) bond motifs is 2. The van der Waals surface area contributed by atoms with E-state index in [0.717, 1.165) is 5.56 Å². The van der Waals surface area contributed by atoms with E-state index >= 15 is 0 Å². The minimum Gasteiger partial charge on any atom is -0.492 e. The zero-order valence-electron chi connectivity index (χ0n) is 14.9. The number of anilines is 1. The molecule has 2 heterocycles. The Labute approximate surface area is 166 Å². The van der Waals surface area contributed by atoms with Crippen LogP contribution in [0.4, 0.5) is 5.69 Å². The van der Waals surface area contributed by atoms with Crippen LogP contribution in [0.1, 0.15) is 5.56 Å². The summed E-state index contributed by atoms with van der Waals surface area (Å²) >= 11 is 5.99. The number of rotatable bonds is 4. The second kappa shape index (κ2) is 7.98. The molecule has 4 rings (SSSR count). The Bertz CT molecular complexity index is 916. The smallest absolute Gasteiger partial charge is 0.313 e. The van der Waals surface area contributed by atoms with Crippen LogP contribution >= 0.6 is 11.6 Å². The molecule has 2 aliphatic heterocycles. The summed E-state index contributed by atoms with van der Waals surface area (Å²) in [5, 5.41) is 3.25. The molecule has 0 aromatic heterocycles. The summed E-state index contributed by atoms with van der Waals surface area (Å²) in [4.78, 5) is 24.4. The van der Waals surface area contributed by atoms with Gasteiger partial charge in [-0.2, -0.15) is 0 Å². The SMILES string of the molecule is O=C(COC(=O)[C@H]1COc2ccc(Cl)cc2C1)Nc1ccc2c(c1)OCCO2. The summed E-state index contributed by atoms with van der Waals surface area (Å²) < 4.78 is 21.6. The highest BCUT2D eigenvalue weighted by atomic mass is 35.5. The highest BCUT2D eigenvalue weighted by Gasteiger charge is 2.28. The van der Waals surface area contributed by atoms with Crippen LogP contribution in [0.25, 0.3) is 0 Å². The average molecular weight is 404 g/mol. The third-order valence-electron chi connectivity index (χ3n) is 4.43. The van der Waals surface area contributed by atoms with Crippen molar-refractivity contribution in [3.63, 3.8) is 0 Å². The van der Waals surface area contributed by atoms with Crippen molar-refractivity contribution in [1.29, 1.82) is 0 Å². The normalized spacial score (nSPS) is 17.1. The predicted octanol–water partition coefficient (Wildman–Crippen LogP) is 2.84. The number of esters is 1. The van der Waals surface area contributed by atoms with Gasteiger partial charge >= 0.3 is 5.97 Å². The standard InChI is InChI=1S/C20H18ClNO6/c21-14-1-3-16-12(8-14)7-13(10-27-16)20(24)28-11-19(23)22-15-2-4-17-18(9-15)26-6-5-25-17/h1-4,8-9,13H,5-7,10-11H2,(H,22,23)/t13-/m1/s1. The van der Waals surface area contributed by atoms with Crippen molar-refractivity contribution in [1.82, 2.24) is 0 Å². The number of hydrogen-bond acceptors (Lipinski definition) is 6. The van der Waals surface area contributed by atoms with Crippen molar-refractivity contribution < 1.29 is 28.5 Å². The molecule has 1 N–H and O–H groups in total. The van der Waals surface area contributed by atoms with Gasteiger partial charge < -0.3 is 24.3 Å². The third kappa shape index (κ3) is 4.14. The first kappa shape index (κ1) is 18.4. The highest BCUT2D eigenvalue weighted by molar-refractivity contribution is 6.30. The van der Waals surface area contributed by atoms with E-state index in [0.29, 0.717) is 47.6 Å². The lowest BCUT2D eigenvalue weighted by Crippen LogP contribution is -2.32. The number of amides is 1. The molecule has 0 unspecified atom stereocenters. The zero-order valence-corrected chi connectivity index (χ0v) is 15.7. The van der Waals surface area contributed by atoms with Gasteiger partial charge in [0.1, 0.15) is 25.6 Å². The first-order valence-corrected chi connectivity index (χ1v) is 9.23. The maximum absolute atomic E-state index is 12.3. The topological polar surface area (TPSA) is 83.1 Å². The van der Waals surface area contributed by atoms with E-state index in [-0.39, 0.29) is 13.2 Å². The fourth-order valence-corrected chi connectivity index (χ4v) is 3.28. The molecule has 1 atom stereocenters. The van der Waals surface area contributed by atoms with Gasteiger partial charge in [-0.05, 0) is 42.3 Å². The fraction of sp³-hybridized carbons (Fsp3) is 0.300. The van der Waals surface area contributed by atoms with Gasteiger partial charge in [-0.15, -0.1) is 0 Å². The Morgan fingerprint density at radius 2 is 1.82 bits per heavy atom. The Hall–Kier alpha value is -2.93. The fourth-order valence-electron chi connectivity index (χ4n) is 3.09. The third-order valence-corrected chi connectivity index (χ3v) is 4.67. The van der Waals surface area contributed by atoms with Crippen LogP contribution < -0.4 is 19.5 Å². The number of carbonyl (C=O) groups excluding carboxylic acids is 2. The molecule has 8 heteroatoms. The quantitative estimate of drug-likeness (QED) is 0.790. The van der Waals surface area contributed by atoms with Crippen molar-refractivity contribution >= 4 is 29.2 Å². The molecule has 146 valence electrons. The molecule has 2 aromatic rings. The number of hydrogen-bond donors (Lipinski definition) is 1.